The predicted molar refractivity (Wildman–Crippen MR) is 130 cm³/mol. The lowest BCUT2D eigenvalue weighted by Gasteiger charge is -2.27. The summed E-state index contributed by atoms with van der Waals surface area (Å²) in [5, 5.41) is 4.33. The van der Waals surface area contributed by atoms with Crippen LogP contribution >= 0.6 is 12.2 Å². The molecule has 2 fully saturated rings. The topological polar surface area (TPSA) is 33.1 Å². The van der Waals surface area contributed by atoms with Gasteiger partial charge in [-0.3, -0.25) is 4.98 Å². The summed E-state index contributed by atoms with van der Waals surface area (Å²) in [4.78, 5) is 6.94. The average molecular weight is 431 g/mol. The minimum atomic E-state index is 0.0119. The second kappa shape index (κ2) is 8.46. The second-order valence-corrected chi connectivity index (χ2v) is 9.46. The van der Waals surface area contributed by atoms with Crippen LogP contribution in [-0.4, -0.2) is 14.7 Å². The fraction of sp³-hybridized carbons (Fsp3) is 0.385. The van der Waals surface area contributed by atoms with Gasteiger partial charge in [-0.25, -0.2) is 0 Å². The SMILES string of the molecule is CC(C)c1ccc(N2C(=S)N[C@@H](c3ccccn3)[C@H]2c2ccn(C3CCCC3)c2)cc1. The lowest BCUT2D eigenvalue weighted by atomic mass is 9.98. The van der Waals surface area contributed by atoms with Crippen LogP contribution in [0.1, 0.15) is 80.4 Å². The molecule has 2 atom stereocenters. The van der Waals surface area contributed by atoms with Crippen LogP contribution in [0.15, 0.2) is 67.1 Å². The monoisotopic (exact) mass is 430 g/mol. The van der Waals surface area contributed by atoms with Gasteiger partial charge < -0.3 is 14.8 Å². The largest absolute Gasteiger partial charge is 0.351 e. The fourth-order valence-electron chi connectivity index (χ4n) is 5.03. The first-order chi connectivity index (χ1) is 15.1. The number of hydrogen-bond acceptors (Lipinski definition) is 2. The van der Waals surface area contributed by atoms with E-state index in [0.717, 1.165) is 16.5 Å². The molecule has 0 bridgehead atoms. The third-order valence-electron chi connectivity index (χ3n) is 6.76. The number of nitrogens with zero attached hydrogens (tertiary/aromatic N) is 3. The van der Waals surface area contributed by atoms with Crippen molar-refractivity contribution in [1.29, 1.82) is 0 Å². The van der Waals surface area contributed by atoms with Crippen LogP contribution in [0.4, 0.5) is 5.69 Å². The quantitative estimate of drug-likeness (QED) is 0.482. The Labute approximate surface area is 190 Å². The molecule has 3 heterocycles. The van der Waals surface area contributed by atoms with E-state index in [4.69, 9.17) is 12.2 Å². The number of anilines is 1. The molecule has 1 N–H and O–H groups in total. The Morgan fingerprint density at radius 3 is 2.48 bits per heavy atom. The summed E-state index contributed by atoms with van der Waals surface area (Å²) in [5.74, 6) is 0.509. The molecule has 5 heteroatoms. The van der Waals surface area contributed by atoms with E-state index in [-0.39, 0.29) is 12.1 Å². The van der Waals surface area contributed by atoms with Crippen molar-refractivity contribution in [3.05, 3.63) is 83.9 Å². The van der Waals surface area contributed by atoms with Gasteiger partial charge >= 0.3 is 0 Å². The molecule has 1 saturated carbocycles. The summed E-state index contributed by atoms with van der Waals surface area (Å²) in [6.45, 7) is 4.45. The molecule has 1 aliphatic carbocycles. The van der Waals surface area contributed by atoms with E-state index in [9.17, 15) is 0 Å². The lowest BCUT2D eigenvalue weighted by molar-refractivity contribution is 0.515. The van der Waals surface area contributed by atoms with Gasteiger partial charge in [-0.1, -0.05) is 44.9 Å². The molecular weight excluding hydrogens is 400 g/mol. The van der Waals surface area contributed by atoms with Gasteiger partial charge in [0.25, 0.3) is 0 Å². The molecule has 0 unspecified atom stereocenters. The molecular formula is C26H30N4S. The highest BCUT2D eigenvalue weighted by atomic mass is 32.1. The molecule has 2 aliphatic rings. The second-order valence-electron chi connectivity index (χ2n) is 9.07. The molecule has 1 aromatic carbocycles. The molecule has 2 aromatic heterocycles. The van der Waals surface area contributed by atoms with Crippen molar-refractivity contribution in [3.8, 4) is 0 Å². The van der Waals surface area contributed by atoms with Gasteiger partial charge in [0.2, 0.25) is 0 Å². The molecule has 3 aromatic rings. The molecule has 5 rings (SSSR count). The van der Waals surface area contributed by atoms with Gasteiger partial charge in [0.05, 0.1) is 17.8 Å². The number of pyridine rings is 1. The van der Waals surface area contributed by atoms with Crippen molar-refractivity contribution in [1.82, 2.24) is 14.9 Å². The molecule has 31 heavy (non-hydrogen) atoms. The molecule has 1 aliphatic heterocycles. The highest BCUT2D eigenvalue weighted by Gasteiger charge is 2.41. The van der Waals surface area contributed by atoms with Crippen molar-refractivity contribution >= 4 is 23.0 Å². The maximum atomic E-state index is 5.86. The Morgan fingerprint density at radius 1 is 1.03 bits per heavy atom. The average Bonchev–Trinajstić information content (AvgIpc) is 3.54. The Morgan fingerprint density at radius 2 is 1.81 bits per heavy atom. The van der Waals surface area contributed by atoms with Crippen LogP contribution in [0, 0.1) is 0 Å². The van der Waals surface area contributed by atoms with E-state index < -0.39 is 0 Å². The molecule has 0 spiro atoms. The minimum absolute atomic E-state index is 0.0119. The molecule has 4 nitrogen and oxygen atoms in total. The van der Waals surface area contributed by atoms with Gasteiger partial charge in [0.1, 0.15) is 0 Å². The van der Waals surface area contributed by atoms with Crippen molar-refractivity contribution in [2.24, 2.45) is 0 Å². The van der Waals surface area contributed by atoms with Gasteiger partial charge in [0, 0.05) is 30.3 Å². The highest BCUT2D eigenvalue weighted by molar-refractivity contribution is 7.80. The summed E-state index contributed by atoms with van der Waals surface area (Å²) in [7, 11) is 0. The van der Waals surface area contributed by atoms with Crippen molar-refractivity contribution in [2.75, 3.05) is 4.90 Å². The smallest absolute Gasteiger partial charge is 0.174 e. The summed E-state index contributed by atoms with van der Waals surface area (Å²) in [6, 6.07) is 17.9. The van der Waals surface area contributed by atoms with Crippen molar-refractivity contribution in [2.45, 2.75) is 63.6 Å². The maximum Gasteiger partial charge on any atom is 0.174 e. The van der Waals surface area contributed by atoms with Crippen molar-refractivity contribution in [3.63, 3.8) is 0 Å². The Hall–Kier alpha value is -2.66. The normalized spacial score (nSPS) is 21.8. The van der Waals surface area contributed by atoms with E-state index >= 15 is 0 Å². The summed E-state index contributed by atoms with van der Waals surface area (Å²) in [6.07, 6.45) is 11.7. The van der Waals surface area contributed by atoms with E-state index in [2.05, 4.69) is 82.4 Å². The van der Waals surface area contributed by atoms with E-state index in [0.29, 0.717) is 12.0 Å². The van der Waals surface area contributed by atoms with E-state index in [1.807, 2.05) is 18.3 Å². The zero-order valence-electron chi connectivity index (χ0n) is 18.2. The van der Waals surface area contributed by atoms with Crippen LogP contribution in [0.2, 0.25) is 0 Å². The first-order valence-corrected chi connectivity index (χ1v) is 11.8. The molecule has 0 radical (unpaired) electrons. The molecule has 160 valence electrons. The number of rotatable bonds is 5. The number of hydrogen-bond donors (Lipinski definition) is 1. The van der Waals surface area contributed by atoms with E-state index in [1.54, 1.807) is 0 Å². The summed E-state index contributed by atoms with van der Waals surface area (Å²) in [5.41, 5.74) is 4.76. The van der Waals surface area contributed by atoms with Gasteiger partial charge in [-0.2, -0.15) is 0 Å². The Kier molecular flexibility index (Phi) is 5.53. The van der Waals surface area contributed by atoms with Crippen molar-refractivity contribution < 1.29 is 0 Å². The maximum absolute atomic E-state index is 5.86. The number of benzene rings is 1. The first kappa shape index (κ1) is 20.3. The summed E-state index contributed by atoms with van der Waals surface area (Å²) < 4.78 is 2.42. The van der Waals surface area contributed by atoms with Gasteiger partial charge in [0.15, 0.2) is 5.11 Å². The minimum Gasteiger partial charge on any atom is -0.351 e. The highest BCUT2D eigenvalue weighted by Crippen LogP contribution is 2.42. The Bertz CT molecular complexity index is 1030. The van der Waals surface area contributed by atoms with Crippen LogP contribution in [-0.2, 0) is 0 Å². The van der Waals surface area contributed by atoms with Crippen LogP contribution in [0.25, 0.3) is 0 Å². The van der Waals surface area contributed by atoms with Gasteiger partial charge in [-0.15, -0.1) is 0 Å². The summed E-state index contributed by atoms with van der Waals surface area (Å²) >= 11 is 5.86. The third-order valence-corrected chi connectivity index (χ3v) is 7.08. The number of aromatic nitrogens is 2. The number of thiocarbonyl (C=S) groups is 1. The first-order valence-electron chi connectivity index (χ1n) is 11.4. The fourth-order valence-corrected chi connectivity index (χ4v) is 5.37. The van der Waals surface area contributed by atoms with Crippen LogP contribution in [0.3, 0.4) is 0 Å². The van der Waals surface area contributed by atoms with Crippen LogP contribution in [0.5, 0.6) is 0 Å². The van der Waals surface area contributed by atoms with E-state index in [1.165, 1.54) is 36.8 Å². The van der Waals surface area contributed by atoms with Crippen LogP contribution < -0.4 is 10.2 Å². The standard InChI is InChI=1S/C26H30N4S/c1-18(2)19-10-12-22(13-11-19)30-25(20-14-16-29(17-20)21-7-3-4-8-21)24(28-26(30)31)23-9-5-6-15-27-23/h5-6,9-18,21,24-25H,3-4,7-8H2,1-2H3,(H,28,31)/t24-,25+/m0/s1. The zero-order valence-corrected chi connectivity index (χ0v) is 19.1. The lowest BCUT2D eigenvalue weighted by Crippen LogP contribution is -2.29. The molecule has 1 saturated heterocycles. The third kappa shape index (κ3) is 3.87. The number of nitrogens with one attached hydrogen (secondary N) is 1. The predicted octanol–water partition coefficient (Wildman–Crippen LogP) is 6.30. The zero-order chi connectivity index (χ0) is 21.4. The van der Waals surface area contributed by atoms with Gasteiger partial charge in [-0.05, 0) is 72.4 Å². The molecule has 0 amide bonds. The Balaban J connectivity index is 1.54.